The van der Waals surface area contributed by atoms with Crippen molar-refractivity contribution in [3.05, 3.63) is 52.7 Å². The average Bonchev–Trinajstić information content (AvgIpc) is 3.20. The summed E-state index contributed by atoms with van der Waals surface area (Å²) in [5.74, 6) is 0.546. The Hall–Kier alpha value is -2.42. The van der Waals surface area contributed by atoms with Crippen LogP contribution in [0, 0.1) is 0 Å². The molecule has 0 fully saturated rings. The molecule has 1 N–H and O–H groups in total. The standard InChI is InChI=1S/C13H12BrN5O3/c1-8(16-12(20)9-2-3-21-7-9)13-17-11(18-22-13)6-19-5-10(14)4-15-19/h2-5,7-8H,6H2,1H3,(H,16,20)/t8-/m0/s1. The summed E-state index contributed by atoms with van der Waals surface area (Å²) in [5.41, 5.74) is 0.438. The van der Waals surface area contributed by atoms with Crippen LogP contribution in [0.4, 0.5) is 0 Å². The minimum atomic E-state index is -0.409. The summed E-state index contributed by atoms with van der Waals surface area (Å²) in [4.78, 5) is 16.2. The smallest absolute Gasteiger partial charge is 0.255 e. The van der Waals surface area contributed by atoms with Gasteiger partial charge < -0.3 is 14.3 Å². The van der Waals surface area contributed by atoms with E-state index in [4.69, 9.17) is 8.94 Å². The fourth-order valence-corrected chi connectivity index (χ4v) is 2.14. The number of amides is 1. The molecule has 0 unspecified atom stereocenters. The molecule has 0 saturated heterocycles. The maximum Gasteiger partial charge on any atom is 0.255 e. The highest BCUT2D eigenvalue weighted by molar-refractivity contribution is 9.10. The molecule has 3 rings (SSSR count). The molecule has 3 heterocycles. The number of rotatable bonds is 5. The molecule has 0 radical (unpaired) electrons. The Labute approximate surface area is 133 Å². The molecule has 3 aromatic rings. The number of hydrogen-bond donors (Lipinski definition) is 1. The first-order valence-electron chi connectivity index (χ1n) is 6.45. The van der Waals surface area contributed by atoms with Crippen molar-refractivity contribution >= 4 is 21.8 Å². The molecule has 3 aromatic heterocycles. The van der Waals surface area contributed by atoms with E-state index in [1.54, 1.807) is 30.1 Å². The van der Waals surface area contributed by atoms with E-state index in [1.807, 2.05) is 0 Å². The van der Waals surface area contributed by atoms with Crippen LogP contribution in [0.15, 0.2) is 44.4 Å². The van der Waals surface area contributed by atoms with Crippen molar-refractivity contribution in [3.8, 4) is 0 Å². The lowest BCUT2D eigenvalue weighted by molar-refractivity contribution is 0.0932. The third-order valence-electron chi connectivity index (χ3n) is 2.89. The highest BCUT2D eigenvalue weighted by Crippen LogP contribution is 2.12. The molecule has 0 spiro atoms. The zero-order valence-corrected chi connectivity index (χ0v) is 13.1. The number of nitrogens with zero attached hydrogens (tertiary/aromatic N) is 4. The van der Waals surface area contributed by atoms with Crippen LogP contribution >= 0.6 is 15.9 Å². The number of carbonyl (C=O) groups is 1. The van der Waals surface area contributed by atoms with Crippen LogP contribution in [0.2, 0.25) is 0 Å². The third-order valence-corrected chi connectivity index (χ3v) is 3.30. The van der Waals surface area contributed by atoms with Gasteiger partial charge in [0.15, 0.2) is 5.82 Å². The topological polar surface area (TPSA) is 99.0 Å². The minimum absolute atomic E-state index is 0.267. The van der Waals surface area contributed by atoms with Crippen molar-refractivity contribution < 1.29 is 13.7 Å². The number of nitrogens with one attached hydrogen (secondary N) is 1. The lowest BCUT2D eigenvalue weighted by atomic mass is 10.2. The van der Waals surface area contributed by atoms with Gasteiger partial charge in [-0.15, -0.1) is 0 Å². The van der Waals surface area contributed by atoms with Crippen LogP contribution < -0.4 is 5.32 Å². The van der Waals surface area contributed by atoms with Gasteiger partial charge in [-0.25, -0.2) is 0 Å². The number of halogens is 1. The summed E-state index contributed by atoms with van der Waals surface area (Å²) in [5, 5.41) is 10.7. The number of furan rings is 1. The second-order valence-electron chi connectivity index (χ2n) is 4.61. The van der Waals surface area contributed by atoms with Gasteiger partial charge in [0.2, 0.25) is 5.89 Å². The summed E-state index contributed by atoms with van der Waals surface area (Å²) in [6, 6.07) is 1.17. The third kappa shape index (κ3) is 3.25. The number of aromatic nitrogens is 4. The molecular formula is C13H12BrN5O3. The van der Waals surface area contributed by atoms with Gasteiger partial charge in [0, 0.05) is 6.20 Å². The molecule has 0 aliphatic carbocycles. The van der Waals surface area contributed by atoms with E-state index in [9.17, 15) is 4.79 Å². The molecule has 0 aliphatic rings. The lowest BCUT2D eigenvalue weighted by Gasteiger charge is -2.07. The van der Waals surface area contributed by atoms with Crippen LogP contribution in [0.25, 0.3) is 0 Å². The van der Waals surface area contributed by atoms with Crippen molar-refractivity contribution in [2.75, 3.05) is 0 Å². The first-order chi connectivity index (χ1) is 10.6. The van der Waals surface area contributed by atoms with E-state index >= 15 is 0 Å². The molecule has 0 aliphatic heterocycles. The Morgan fingerprint density at radius 2 is 2.41 bits per heavy atom. The SMILES string of the molecule is C[C@H](NC(=O)c1ccoc1)c1nc(Cn2cc(Br)cn2)no1. The normalized spacial score (nSPS) is 12.3. The maximum atomic E-state index is 11.9. The van der Waals surface area contributed by atoms with Gasteiger partial charge in [-0.1, -0.05) is 5.16 Å². The monoisotopic (exact) mass is 365 g/mol. The predicted octanol–water partition coefficient (Wildman–Crippen LogP) is 2.16. The average molecular weight is 366 g/mol. The number of carbonyl (C=O) groups excluding carboxylic acids is 1. The van der Waals surface area contributed by atoms with Gasteiger partial charge in [-0.05, 0) is 28.9 Å². The van der Waals surface area contributed by atoms with E-state index in [0.717, 1.165) is 4.47 Å². The molecule has 114 valence electrons. The molecule has 0 saturated carbocycles. The Balaban J connectivity index is 1.64. The van der Waals surface area contributed by atoms with Crippen molar-refractivity contribution in [2.24, 2.45) is 0 Å². The molecule has 0 aromatic carbocycles. The van der Waals surface area contributed by atoms with Crippen LogP contribution in [0.5, 0.6) is 0 Å². The molecule has 1 amide bonds. The summed E-state index contributed by atoms with van der Waals surface area (Å²) in [6.07, 6.45) is 6.29. The van der Waals surface area contributed by atoms with Crippen LogP contribution in [0.3, 0.4) is 0 Å². The quantitative estimate of drug-likeness (QED) is 0.743. The Morgan fingerprint density at radius 3 is 3.09 bits per heavy atom. The van der Waals surface area contributed by atoms with E-state index in [1.165, 1.54) is 12.5 Å². The molecule has 22 heavy (non-hydrogen) atoms. The zero-order chi connectivity index (χ0) is 15.5. The summed E-state index contributed by atoms with van der Waals surface area (Å²) >= 11 is 3.32. The van der Waals surface area contributed by atoms with Crippen molar-refractivity contribution in [1.29, 1.82) is 0 Å². The lowest BCUT2D eigenvalue weighted by Crippen LogP contribution is -2.26. The van der Waals surface area contributed by atoms with Crippen molar-refractivity contribution in [1.82, 2.24) is 25.2 Å². The zero-order valence-electron chi connectivity index (χ0n) is 11.6. The minimum Gasteiger partial charge on any atom is -0.472 e. The van der Waals surface area contributed by atoms with Crippen LogP contribution in [-0.2, 0) is 6.54 Å². The first-order valence-corrected chi connectivity index (χ1v) is 7.24. The van der Waals surface area contributed by atoms with Gasteiger partial charge in [0.1, 0.15) is 18.8 Å². The summed E-state index contributed by atoms with van der Waals surface area (Å²) in [7, 11) is 0. The summed E-state index contributed by atoms with van der Waals surface area (Å²) in [6.45, 7) is 2.15. The Kier molecular flexibility index (Phi) is 4.05. The highest BCUT2D eigenvalue weighted by atomic mass is 79.9. The Bertz CT molecular complexity index is 764. The maximum absolute atomic E-state index is 11.9. The van der Waals surface area contributed by atoms with Gasteiger partial charge in [0.25, 0.3) is 5.91 Å². The van der Waals surface area contributed by atoms with Crippen LogP contribution in [-0.4, -0.2) is 25.8 Å². The van der Waals surface area contributed by atoms with E-state index < -0.39 is 6.04 Å². The highest BCUT2D eigenvalue weighted by Gasteiger charge is 2.18. The van der Waals surface area contributed by atoms with E-state index in [0.29, 0.717) is 23.8 Å². The molecule has 0 bridgehead atoms. The second kappa shape index (κ2) is 6.14. The fourth-order valence-electron chi connectivity index (χ4n) is 1.81. The van der Waals surface area contributed by atoms with Gasteiger partial charge in [0.05, 0.1) is 22.5 Å². The van der Waals surface area contributed by atoms with Gasteiger partial charge in [-0.2, -0.15) is 10.1 Å². The van der Waals surface area contributed by atoms with E-state index in [2.05, 4.69) is 36.5 Å². The van der Waals surface area contributed by atoms with Crippen LogP contribution in [0.1, 0.15) is 35.0 Å². The number of hydrogen-bond acceptors (Lipinski definition) is 6. The predicted molar refractivity (Wildman–Crippen MR) is 77.9 cm³/mol. The van der Waals surface area contributed by atoms with E-state index in [-0.39, 0.29) is 5.91 Å². The van der Waals surface area contributed by atoms with Crippen molar-refractivity contribution in [3.63, 3.8) is 0 Å². The Morgan fingerprint density at radius 1 is 1.55 bits per heavy atom. The molecule has 9 heteroatoms. The molecule has 8 nitrogen and oxygen atoms in total. The second-order valence-corrected chi connectivity index (χ2v) is 5.53. The fraction of sp³-hybridized carbons (Fsp3) is 0.231. The van der Waals surface area contributed by atoms with Gasteiger partial charge in [-0.3, -0.25) is 9.48 Å². The molecular weight excluding hydrogens is 354 g/mol. The largest absolute Gasteiger partial charge is 0.472 e. The van der Waals surface area contributed by atoms with Gasteiger partial charge >= 0.3 is 0 Å². The first kappa shape index (κ1) is 14.5. The van der Waals surface area contributed by atoms with Crippen molar-refractivity contribution in [2.45, 2.75) is 19.5 Å². The summed E-state index contributed by atoms with van der Waals surface area (Å²) < 4.78 is 12.6. The molecule has 1 atom stereocenters.